The van der Waals surface area contributed by atoms with Crippen LogP contribution in [0.5, 0.6) is 0 Å². The minimum Gasteiger partial charge on any atom is -0.364 e. The fraction of sp³-hybridized carbons (Fsp3) is 0.333. The SMILES string of the molecule is c1c[nH]c(CNC2CCCc3ccccc32)c1. The lowest BCUT2D eigenvalue weighted by atomic mass is 9.88. The highest BCUT2D eigenvalue weighted by Crippen LogP contribution is 2.29. The topological polar surface area (TPSA) is 27.8 Å². The van der Waals surface area contributed by atoms with Crippen LogP contribution in [0.2, 0.25) is 0 Å². The van der Waals surface area contributed by atoms with Crippen LogP contribution >= 0.6 is 0 Å². The third-order valence-corrected chi connectivity index (χ3v) is 3.57. The van der Waals surface area contributed by atoms with Gasteiger partial charge in [0.05, 0.1) is 0 Å². The van der Waals surface area contributed by atoms with Crippen molar-refractivity contribution in [1.29, 1.82) is 0 Å². The van der Waals surface area contributed by atoms with E-state index in [1.54, 1.807) is 0 Å². The second-order valence-electron chi connectivity index (χ2n) is 4.72. The van der Waals surface area contributed by atoms with Crippen molar-refractivity contribution >= 4 is 0 Å². The number of aromatic nitrogens is 1. The monoisotopic (exact) mass is 226 g/mol. The molecule has 0 saturated carbocycles. The van der Waals surface area contributed by atoms with E-state index in [1.807, 2.05) is 12.3 Å². The Labute approximate surface area is 102 Å². The average molecular weight is 226 g/mol. The molecule has 2 heteroatoms. The molecule has 88 valence electrons. The summed E-state index contributed by atoms with van der Waals surface area (Å²) >= 11 is 0. The van der Waals surface area contributed by atoms with Crippen LogP contribution < -0.4 is 5.32 Å². The zero-order chi connectivity index (χ0) is 11.5. The van der Waals surface area contributed by atoms with E-state index in [1.165, 1.54) is 36.1 Å². The lowest BCUT2D eigenvalue weighted by Crippen LogP contribution is -2.24. The van der Waals surface area contributed by atoms with Gasteiger partial charge in [-0.3, -0.25) is 0 Å². The van der Waals surface area contributed by atoms with Crippen molar-refractivity contribution in [3.63, 3.8) is 0 Å². The van der Waals surface area contributed by atoms with Crippen molar-refractivity contribution in [1.82, 2.24) is 10.3 Å². The van der Waals surface area contributed by atoms with Crippen LogP contribution in [-0.2, 0) is 13.0 Å². The van der Waals surface area contributed by atoms with Crippen LogP contribution in [0.25, 0.3) is 0 Å². The second-order valence-corrected chi connectivity index (χ2v) is 4.72. The molecule has 0 spiro atoms. The second kappa shape index (κ2) is 4.76. The highest BCUT2D eigenvalue weighted by molar-refractivity contribution is 5.32. The predicted octanol–water partition coefficient (Wildman–Crippen LogP) is 3.18. The molecule has 0 radical (unpaired) electrons. The lowest BCUT2D eigenvalue weighted by Gasteiger charge is -2.26. The van der Waals surface area contributed by atoms with Crippen molar-refractivity contribution in [2.24, 2.45) is 0 Å². The Bertz CT molecular complexity index is 473. The molecule has 2 aromatic rings. The van der Waals surface area contributed by atoms with Crippen molar-refractivity contribution in [2.45, 2.75) is 31.8 Å². The molecule has 3 rings (SSSR count). The normalized spacial score (nSPS) is 18.9. The van der Waals surface area contributed by atoms with Gasteiger partial charge in [-0.05, 0) is 42.5 Å². The van der Waals surface area contributed by atoms with Gasteiger partial charge in [-0.2, -0.15) is 0 Å². The standard InChI is InChI=1S/C15H18N2/c1-2-8-14-12(5-1)6-3-9-15(14)17-11-13-7-4-10-16-13/h1-2,4-5,7-8,10,15-17H,3,6,9,11H2. The van der Waals surface area contributed by atoms with E-state index in [0.717, 1.165) is 6.54 Å². The summed E-state index contributed by atoms with van der Waals surface area (Å²) < 4.78 is 0. The summed E-state index contributed by atoms with van der Waals surface area (Å²) in [6, 6.07) is 13.5. The molecule has 2 N–H and O–H groups in total. The van der Waals surface area contributed by atoms with Crippen molar-refractivity contribution in [2.75, 3.05) is 0 Å². The average Bonchev–Trinajstić information content (AvgIpc) is 2.89. The van der Waals surface area contributed by atoms with Gasteiger partial charge in [-0.1, -0.05) is 24.3 Å². The number of rotatable bonds is 3. The number of benzene rings is 1. The third-order valence-electron chi connectivity index (χ3n) is 3.57. The summed E-state index contributed by atoms with van der Waals surface area (Å²) in [7, 11) is 0. The van der Waals surface area contributed by atoms with E-state index < -0.39 is 0 Å². The smallest absolute Gasteiger partial charge is 0.0362 e. The van der Waals surface area contributed by atoms with Crippen molar-refractivity contribution in [3.05, 3.63) is 59.4 Å². The van der Waals surface area contributed by atoms with Gasteiger partial charge in [0, 0.05) is 24.5 Å². The fourth-order valence-electron chi connectivity index (χ4n) is 2.68. The van der Waals surface area contributed by atoms with E-state index in [-0.39, 0.29) is 0 Å². The molecule has 0 aliphatic heterocycles. The van der Waals surface area contributed by atoms with Gasteiger partial charge in [-0.15, -0.1) is 0 Å². The van der Waals surface area contributed by atoms with Crippen LogP contribution in [0, 0.1) is 0 Å². The maximum atomic E-state index is 3.65. The molecular formula is C15H18N2. The fourth-order valence-corrected chi connectivity index (χ4v) is 2.68. The van der Waals surface area contributed by atoms with Crippen LogP contribution in [-0.4, -0.2) is 4.98 Å². The molecule has 1 aliphatic rings. The number of fused-ring (bicyclic) bond motifs is 1. The van der Waals surface area contributed by atoms with E-state index in [9.17, 15) is 0 Å². The van der Waals surface area contributed by atoms with Gasteiger partial charge in [0.15, 0.2) is 0 Å². The summed E-state index contributed by atoms with van der Waals surface area (Å²) in [5, 5.41) is 3.65. The number of aryl methyl sites for hydroxylation is 1. The molecule has 1 aliphatic carbocycles. The Kier molecular flexibility index (Phi) is 2.97. The molecule has 1 aromatic heterocycles. The first-order chi connectivity index (χ1) is 8.43. The maximum absolute atomic E-state index is 3.65. The Balaban J connectivity index is 1.72. The van der Waals surface area contributed by atoms with Crippen molar-refractivity contribution in [3.8, 4) is 0 Å². The zero-order valence-corrected chi connectivity index (χ0v) is 9.95. The molecule has 1 heterocycles. The summed E-state index contributed by atoms with van der Waals surface area (Å²) in [4.78, 5) is 3.24. The van der Waals surface area contributed by atoms with Gasteiger partial charge in [0.25, 0.3) is 0 Å². The van der Waals surface area contributed by atoms with E-state index in [2.05, 4.69) is 40.6 Å². The highest BCUT2D eigenvalue weighted by atomic mass is 14.9. The molecule has 0 amide bonds. The maximum Gasteiger partial charge on any atom is 0.0362 e. The summed E-state index contributed by atoms with van der Waals surface area (Å²) in [5.41, 5.74) is 4.26. The Morgan fingerprint density at radius 3 is 3.00 bits per heavy atom. The van der Waals surface area contributed by atoms with E-state index >= 15 is 0 Å². The highest BCUT2D eigenvalue weighted by Gasteiger charge is 2.18. The molecule has 0 bridgehead atoms. The predicted molar refractivity (Wildman–Crippen MR) is 69.8 cm³/mol. The van der Waals surface area contributed by atoms with Gasteiger partial charge in [0.2, 0.25) is 0 Å². The zero-order valence-electron chi connectivity index (χ0n) is 9.95. The first-order valence-corrected chi connectivity index (χ1v) is 6.37. The largest absolute Gasteiger partial charge is 0.364 e. The Morgan fingerprint density at radius 2 is 2.12 bits per heavy atom. The number of hydrogen-bond donors (Lipinski definition) is 2. The number of H-pyrrole nitrogens is 1. The molecule has 2 nitrogen and oxygen atoms in total. The number of nitrogens with one attached hydrogen (secondary N) is 2. The molecule has 0 fully saturated rings. The molecule has 1 atom stereocenters. The molecule has 17 heavy (non-hydrogen) atoms. The van der Waals surface area contributed by atoms with Crippen LogP contribution in [0.15, 0.2) is 42.6 Å². The quantitative estimate of drug-likeness (QED) is 0.826. The van der Waals surface area contributed by atoms with Gasteiger partial charge < -0.3 is 10.3 Å². The molecule has 0 saturated heterocycles. The van der Waals surface area contributed by atoms with E-state index in [0.29, 0.717) is 6.04 Å². The number of hydrogen-bond acceptors (Lipinski definition) is 1. The summed E-state index contributed by atoms with van der Waals surface area (Å²) in [5.74, 6) is 0. The van der Waals surface area contributed by atoms with Crippen molar-refractivity contribution < 1.29 is 0 Å². The summed E-state index contributed by atoms with van der Waals surface area (Å²) in [6.45, 7) is 0.923. The van der Waals surface area contributed by atoms with Crippen LogP contribution in [0.4, 0.5) is 0 Å². The Hall–Kier alpha value is -1.54. The Morgan fingerprint density at radius 1 is 1.18 bits per heavy atom. The lowest BCUT2D eigenvalue weighted by molar-refractivity contribution is 0.457. The third kappa shape index (κ3) is 2.27. The summed E-state index contributed by atoms with van der Waals surface area (Å²) in [6.07, 6.45) is 5.75. The van der Waals surface area contributed by atoms with Gasteiger partial charge in [0.1, 0.15) is 0 Å². The first-order valence-electron chi connectivity index (χ1n) is 6.37. The van der Waals surface area contributed by atoms with Crippen LogP contribution in [0.1, 0.15) is 35.7 Å². The number of aromatic amines is 1. The molecule has 1 aromatic carbocycles. The molecule has 1 unspecified atom stereocenters. The van der Waals surface area contributed by atoms with E-state index in [4.69, 9.17) is 0 Å². The first kappa shape index (κ1) is 10.6. The van der Waals surface area contributed by atoms with Crippen LogP contribution in [0.3, 0.4) is 0 Å². The minimum atomic E-state index is 0.517. The van der Waals surface area contributed by atoms with Gasteiger partial charge >= 0.3 is 0 Å². The minimum absolute atomic E-state index is 0.517. The molecular weight excluding hydrogens is 208 g/mol. The van der Waals surface area contributed by atoms with Gasteiger partial charge in [-0.25, -0.2) is 0 Å².